The molecule has 0 amide bonds. The van der Waals surface area contributed by atoms with Crippen LogP contribution in [0.15, 0.2) is 12.1 Å². The first-order valence-electron chi connectivity index (χ1n) is 3.83. The zero-order valence-corrected chi connectivity index (χ0v) is 7.63. The minimum Gasteiger partial charge on any atom is -0.494 e. The van der Waals surface area contributed by atoms with Gasteiger partial charge < -0.3 is 4.74 Å². The predicted molar refractivity (Wildman–Crippen MR) is 46.7 cm³/mol. The summed E-state index contributed by atoms with van der Waals surface area (Å²) in [6.07, 6.45) is 0. The van der Waals surface area contributed by atoms with E-state index in [0.29, 0.717) is 5.56 Å². The fraction of sp³-hybridized carbons (Fsp3) is 0.333. The van der Waals surface area contributed by atoms with E-state index in [9.17, 15) is 4.39 Å². The van der Waals surface area contributed by atoms with E-state index in [0.717, 1.165) is 5.56 Å². The first-order chi connectivity index (χ1) is 6.19. The van der Waals surface area contributed by atoms with Gasteiger partial charge in [-0.2, -0.15) is 0 Å². The van der Waals surface area contributed by atoms with Crippen LogP contribution in [0, 0.1) is 12.7 Å². The molecule has 0 bridgehead atoms. The van der Waals surface area contributed by atoms with Gasteiger partial charge in [-0.25, -0.2) is 10.3 Å². The van der Waals surface area contributed by atoms with Gasteiger partial charge in [0.1, 0.15) is 0 Å². The van der Waals surface area contributed by atoms with Gasteiger partial charge in [-0.1, -0.05) is 6.07 Å². The minimum atomic E-state index is -0.344. The Morgan fingerprint density at radius 1 is 1.46 bits per heavy atom. The van der Waals surface area contributed by atoms with Crippen LogP contribution < -0.4 is 10.6 Å². The van der Waals surface area contributed by atoms with Crippen molar-refractivity contribution in [3.8, 4) is 5.75 Å². The number of nitrogens with two attached hydrogens (primary N) is 1. The van der Waals surface area contributed by atoms with E-state index >= 15 is 0 Å². The van der Waals surface area contributed by atoms with E-state index in [1.807, 2.05) is 0 Å². The molecule has 4 heteroatoms. The summed E-state index contributed by atoms with van der Waals surface area (Å²) in [5, 5.41) is 0. The second-order valence-electron chi connectivity index (χ2n) is 2.74. The van der Waals surface area contributed by atoms with Crippen molar-refractivity contribution in [2.75, 3.05) is 7.11 Å². The molecule has 13 heavy (non-hydrogen) atoms. The lowest BCUT2D eigenvalue weighted by Crippen LogP contribution is -2.01. The number of rotatable bonds is 3. The number of methoxy groups -OCH3 is 1. The van der Waals surface area contributed by atoms with Crippen LogP contribution in [0.4, 0.5) is 4.39 Å². The van der Waals surface area contributed by atoms with E-state index in [4.69, 9.17) is 10.6 Å². The fourth-order valence-corrected chi connectivity index (χ4v) is 1.14. The van der Waals surface area contributed by atoms with Gasteiger partial charge in [0, 0.05) is 0 Å². The van der Waals surface area contributed by atoms with Crippen LogP contribution in [-0.2, 0) is 11.4 Å². The third-order valence-electron chi connectivity index (χ3n) is 1.75. The first kappa shape index (κ1) is 9.95. The summed E-state index contributed by atoms with van der Waals surface area (Å²) < 4.78 is 18.1. The molecular formula is C9H12FNO2. The van der Waals surface area contributed by atoms with Gasteiger partial charge in [0.15, 0.2) is 11.6 Å². The summed E-state index contributed by atoms with van der Waals surface area (Å²) in [6.45, 7) is 1.91. The van der Waals surface area contributed by atoms with Gasteiger partial charge in [-0.15, -0.1) is 0 Å². The number of ether oxygens (including phenoxy) is 1. The topological polar surface area (TPSA) is 44.5 Å². The van der Waals surface area contributed by atoms with Crippen LogP contribution >= 0.6 is 0 Å². The molecule has 0 saturated carbocycles. The molecule has 0 radical (unpaired) electrons. The van der Waals surface area contributed by atoms with Crippen LogP contribution in [0.25, 0.3) is 0 Å². The molecule has 1 rings (SSSR count). The number of hydrogen-bond donors (Lipinski definition) is 1. The maximum absolute atomic E-state index is 13.2. The van der Waals surface area contributed by atoms with Crippen molar-refractivity contribution in [3.63, 3.8) is 0 Å². The molecule has 0 heterocycles. The predicted octanol–water partition coefficient (Wildman–Crippen LogP) is 1.53. The number of benzene rings is 1. The Morgan fingerprint density at radius 3 is 2.69 bits per heavy atom. The van der Waals surface area contributed by atoms with E-state index in [1.165, 1.54) is 7.11 Å². The summed E-state index contributed by atoms with van der Waals surface area (Å²) in [5.74, 6) is 4.78. The van der Waals surface area contributed by atoms with Gasteiger partial charge in [0.05, 0.1) is 13.7 Å². The Balaban J connectivity index is 3.06. The smallest absolute Gasteiger partial charge is 0.167 e. The Morgan fingerprint density at radius 2 is 2.15 bits per heavy atom. The van der Waals surface area contributed by atoms with Crippen molar-refractivity contribution >= 4 is 0 Å². The summed E-state index contributed by atoms with van der Waals surface area (Å²) in [5.41, 5.74) is 1.31. The molecular weight excluding hydrogens is 173 g/mol. The van der Waals surface area contributed by atoms with Crippen molar-refractivity contribution in [2.45, 2.75) is 13.5 Å². The summed E-state index contributed by atoms with van der Waals surface area (Å²) in [6, 6.07) is 3.24. The first-order valence-corrected chi connectivity index (χ1v) is 3.83. The number of halogens is 1. The van der Waals surface area contributed by atoms with Crippen LogP contribution in [0.3, 0.4) is 0 Å². The number of aryl methyl sites for hydroxylation is 1. The summed E-state index contributed by atoms with van der Waals surface area (Å²) >= 11 is 0. The van der Waals surface area contributed by atoms with Crippen LogP contribution in [0.2, 0.25) is 0 Å². The highest BCUT2D eigenvalue weighted by Gasteiger charge is 2.07. The molecule has 0 spiro atoms. The Hall–Kier alpha value is -1.13. The molecule has 0 fully saturated rings. The Bertz CT molecular complexity index is 302. The van der Waals surface area contributed by atoms with Crippen molar-refractivity contribution in [1.82, 2.24) is 0 Å². The van der Waals surface area contributed by atoms with E-state index < -0.39 is 0 Å². The summed E-state index contributed by atoms with van der Waals surface area (Å²) in [7, 11) is 1.42. The number of hydrogen-bond acceptors (Lipinski definition) is 3. The van der Waals surface area contributed by atoms with Crippen molar-refractivity contribution in [3.05, 3.63) is 29.1 Å². The Kier molecular flexibility index (Phi) is 3.22. The quantitative estimate of drug-likeness (QED) is 0.726. The second kappa shape index (κ2) is 4.20. The molecule has 0 unspecified atom stereocenters. The van der Waals surface area contributed by atoms with E-state index in [1.54, 1.807) is 19.1 Å². The zero-order valence-electron chi connectivity index (χ0n) is 7.63. The monoisotopic (exact) mass is 185 g/mol. The highest BCUT2D eigenvalue weighted by atomic mass is 19.1. The van der Waals surface area contributed by atoms with Gasteiger partial charge in [0.2, 0.25) is 0 Å². The van der Waals surface area contributed by atoms with Crippen LogP contribution in [0.5, 0.6) is 5.75 Å². The highest BCUT2D eigenvalue weighted by molar-refractivity contribution is 5.35. The van der Waals surface area contributed by atoms with E-state index in [-0.39, 0.29) is 18.2 Å². The molecule has 0 aliphatic carbocycles. The molecule has 1 aromatic rings. The average Bonchev–Trinajstić information content (AvgIpc) is 2.11. The third kappa shape index (κ3) is 2.17. The highest BCUT2D eigenvalue weighted by Crippen LogP contribution is 2.22. The van der Waals surface area contributed by atoms with E-state index in [2.05, 4.69) is 4.84 Å². The molecule has 3 nitrogen and oxygen atoms in total. The van der Waals surface area contributed by atoms with Gasteiger partial charge in [-0.3, -0.25) is 4.84 Å². The SMILES string of the molecule is COc1cc(CON)cc(C)c1F. The molecule has 0 aliphatic heterocycles. The lowest BCUT2D eigenvalue weighted by Gasteiger charge is -2.07. The lowest BCUT2D eigenvalue weighted by atomic mass is 10.1. The van der Waals surface area contributed by atoms with Crippen molar-refractivity contribution in [2.24, 2.45) is 5.90 Å². The third-order valence-corrected chi connectivity index (χ3v) is 1.75. The van der Waals surface area contributed by atoms with Gasteiger partial charge in [-0.05, 0) is 24.1 Å². The molecule has 0 saturated heterocycles. The molecule has 72 valence electrons. The molecule has 0 atom stereocenters. The van der Waals surface area contributed by atoms with Gasteiger partial charge in [0.25, 0.3) is 0 Å². The minimum absolute atomic E-state index is 0.215. The standard InChI is InChI=1S/C9H12FNO2/c1-6-3-7(5-13-11)4-8(12-2)9(6)10/h3-4H,5,11H2,1-2H3. The zero-order chi connectivity index (χ0) is 9.84. The van der Waals surface area contributed by atoms with Crippen LogP contribution in [-0.4, -0.2) is 7.11 Å². The largest absolute Gasteiger partial charge is 0.494 e. The van der Waals surface area contributed by atoms with Crippen molar-refractivity contribution in [1.29, 1.82) is 0 Å². The van der Waals surface area contributed by atoms with Crippen LogP contribution in [0.1, 0.15) is 11.1 Å². The van der Waals surface area contributed by atoms with Gasteiger partial charge >= 0.3 is 0 Å². The maximum atomic E-state index is 13.2. The lowest BCUT2D eigenvalue weighted by molar-refractivity contribution is 0.124. The average molecular weight is 185 g/mol. The molecule has 0 aromatic heterocycles. The Labute approximate surface area is 76.2 Å². The summed E-state index contributed by atoms with van der Waals surface area (Å²) in [4.78, 5) is 4.44. The molecule has 1 aromatic carbocycles. The molecule has 0 aliphatic rings. The van der Waals surface area contributed by atoms with Crippen molar-refractivity contribution < 1.29 is 14.0 Å². The normalized spacial score (nSPS) is 10.2. The second-order valence-corrected chi connectivity index (χ2v) is 2.74. The fourth-order valence-electron chi connectivity index (χ4n) is 1.14. The molecule has 2 N–H and O–H groups in total. The maximum Gasteiger partial charge on any atom is 0.167 e.